The molecule has 13 heavy (non-hydrogen) atoms. The lowest BCUT2D eigenvalue weighted by molar-refractivity contribution is -0.108. The Labute approximate surface area is 81.0 Å². The van der Waals surface area contributed by atoms with E-state index in [-0.39, 0.29) is 0 Å². The summed E-state index contributed by atoms with van der Waals surface area (Å²) in [6.07, 6.45) is 4.70. The minimum atomic E-state index is -0.880. The largest absolute Gasteiger partial charge is 0.359 e. The fraction of sp³-hybridized carbons (Fsp3) is 0.889. The van der Waals surface area contributed by atoms with Gasteiger partial charge in [0.1, 0.15) is 14.6 Å². The number of nitrogens with zero attached hydrogens (tertiary/aromatic N) is 1. The van der Waals surface area contributed by atoms with Gasteiger partial charge >= 0.3 is 0 Å². The molecule has 0 amide bonds. The van der Waals surface area contributed by atoms with E-state index in [0.29, 0.717) is 12.3 Å². The van der Waals surface area contributed by atoms with E-state index < -0.39 is 8.30 Å². The second-order valence-electron chi connectivity index (χ2n) is 3.49. The van der Waals surface area contributed by atoms with Crippen molar-refractivity contribution in [2.75, 3.05) is 19.3 Å². The first-order valence-corrected chi connectivity index (χ1v) is 6.36. The molecule has 0 aromatic rings. The molecular formula is C9H18NO2P. The Kier molecular flexibility index (Phi) is 4.86. The molecular weight excluding hydrogens is 185 g/mol. The quantitative estimate of drug-likeness (QED) is 0.557. The highest BCUT2D eigenvalue weighted by Crippen LogP contribution is 2.38. The van der Waals surface area contributed by atoms with Crippen LogP contribution in [0.2, 0.25) is 0 Å². The molecule has 0 bridgehead atoms. The van der Waals surface area contributed by atoms with E-state index >= 15 is 0 Å². The van der Waals surface area contributed by atoms with Crippen LogP contribution in [0.1, 0.15) is 26.2 Å². The van der Waals surface area contributed by atoms with Crippen molar-refractivity contribution < 1.29 is 9.69 Å². The number of carbonyl (C=O) groups is 1. The maximum absolute atomic E-state index is 10.3. The zero-order valence-corrected chi connectivity index (χ0v) is 9.04. The van der Waals surface area contributed by atoms with Crippen LogP contribution in [-0.4, -0.2) is 35.1 Å². The molecule has 1 heterocycles. The summed E-state index contributed by atoms with van der Waals surface area (Å²) in [5, 5.41) is 0. The fourth-order valence-corrected chi connectivity index (χ4v) is 2.81. The van der Waals surface area contributed by atoms with E-state index in [0.717, 1.165) is 38.4 Å². The van der Waals surface area contributed by atoms with E-state index in [1.165, 1.54) is 0 Å². The zero-order chi connectivity index (χ0) is 9.68. The van der Waals surface area contributed by atoms with Crippen LogP contribution in [0, 0.1) is 5.92 Å². The van der Waals surface area contributed by atoms with Crippen LogP contribution in [0.5, 0.6) is 0 Å². The van der Waals surface area contributed by atoms with E-state index in [2.05, 4.69) is 4.67 Å². The molecule has 1 fully saturated rings. The van der Waals surface area contributed by atoms with Gasteiger partial charge in [0.2, 0.25) is 0 Å². The molecule has 1 aliphatic rings. The van der Waals surface area contributed by atoms with Gasteiger partial charge in [-0.3, -0.25) is 4.67 Å². The molecule has 1 aliphatic heterocycles. The van der Waals surface area contributed by atoms with Crippen molar-refractivity contribution in [1.82, 2.24) is 4.67 Å². The predicted octanol–water partition coefficient (Wildman–Crippen LogP) is 1.61. The summed E-state index contributed by atoms with van der Waals surface area (Å²) in [5.41, 5.74) is 0. The van der Waals surface area contributed by atoms with Gasteiger partial charge in [0, 0.05) is 25.7 Å². The van der Waals surface area contributed by atoms with E-state index in [4.69, 9.17) is 0 Å². The van der Waals surface area contributed by atoms with E-state index in [1.807, 2.05) is 6.92 Å². The van der Waals surface area contributed by atoms with Crippen molar-refractivity contribution >= 4 is 14.6 Å². The van der Waals surface area contributed by atoms with Gasteiger partial charge in [-0.05, 0) is 18.8 Å². The molecule has 3 nitrogen and oxygen atoms in total. The monoisotopic (exact) mass is 203 g/mol. The van der Waals surface area contributed by atoms with Crippen LogP contribution in [0.3, 0.4) is 0 Å². The molecule has 1 atom stereocenters. The number of hydrogen-bond donors (Lipinski definition) is 1. The Hall–Kier alpha value is 0.0200. The lowest BCUT2D eigenvalue weighted by atomic mass is 9.95. The summed E-state index contributed by atoms with van der Waals surface area (Å²) in [7, 11) is -0.880. The predicted molar refractivity (Wildman–Crippen MR) is 54.7 cm³/mol. The third-order valence-corrected chi connectivity index (χ3v) is 4.25. The lowest BCUT2D eigenvalue weighted by Crippen LogP contribution is -2.30. The molecule has 1 saturated heterocycles. The minimum Gasteiger partial charge on any atom is -0.359 e. The molecule has 0 radical (unpaired) electrons. The number of rotatable bonds is 4. The first-order valence-electron chi connectivity index (χ1n) is 4.92. The second-order valence-corrected chi connectivity index (χ2v) is 5.43. The zero-order valence-electron chi connectivity index (χ0n) is 8.15. The summed E-state index contributed by atoms with van der Waals surface area (Å²) in [5.74, 6) is 0.564. The van der Waals surface area contributed by atoms with Crippen LogP contribution in [0.25, 0.3) is 0 Å². The van der Waals surface area contributed by atoms with E-state index in [9.17, 15) is 9.69 Å². The standard InChI is InChI=1S/C9H18NO2P/c1-2-13(12)10-6-3-9(4-7-10)5-8-11/h8-9,12H,2-7H2,1H3. The van der Waals surface area contributed by atoms with Gasteiger partial charge in [0.25, 0.3) is 0 Å². The van der Waals surface area contributed by atoms with Crippen molar-refractivity contribution in [2.45, 2.75) is 26.2 Å². The van der Waals surface area contributed by atoms with Gasteiger partial charge in [0.15, 0.2) is 0 Å². The average Bonchev–Trinajstić information content (AvgIpc) is 2.18. The van der Waals surface area contributed by atoms with E-state index in [1.54, 1.807) is 0 Å². The molecule has 1 N–H and O–H groups in total. The third-order valence-electron chi connectivity index (χ3n) is 2.63. The van der Waals surface area contributed by atoms with Crippen LogP contribution < -0.4 is 0 Å². The first kappa shape index (κ1) is 11.1. The van der Waals surface area contributed by atoms with Gasteiger partial charge in [-0.25, -0.2) is 0 Å². The van der Waals surface area contributed by atoms with Crippen LogP contribution in [0.15, 0.2) is 0 Å². The third kappa shape index (κ3) is 3.34. The van der Waals surface area contributed by atoms with Crippen molar-refractivity contribution in [1.29, 1.82) is 0 Å². The maximum atomic E-state index is 10.3. The molecule has 0 aromatic carbocycles. The summed E-state index contributed by atoms with van der Waals surface area (Å²) in [6, 6.07) is 0. The fourth-order valence-electron chi connectivity index (χ4n) is 1.72. The molecule has 4 heteroatoms. The summed E-state index contributed by atoms with van der Waals surface area (Å²) in [6.45, 7) is 3.95. The summed E-state index contributed by atoms with van der Waals surface area (Å²) < 4.78 is 2.16. The summed E-state index contributed by atoms with van der Waals surface area (Å²) in [4.78, 5) is 19.9. The number of piperidine rings is 1. The topological polar surface area (TPSA) is 40.5 Å². The Balaban J connectivity index is 2.25. The SMILES string of the molecule is CCP(O)N1CCC(CC=O)CC1. The molecule has 0 aliphatic carbocycles. The summed E-state index contributed by atoms with van der Waals surface area (Å²) >= 11 is 0. The second kappa shape index (κ2) is 5.69. The maximum Gasteiger partial charge on any atom is 0.120 e. The molecule has 0 aromatic heterocycles. The van der Waals surface area contributed by atoms with Gasteiger partial charge in [-0.2, -0.15) is 0 Å². The Bertz CT molecular complexity index is 158. The van der Waals surface area contributed by atoms with Gasteiger partial charge in [0.05, 0.1) is 0 Å². The highest BCUT2D eigenvalue weighted by molar-refractivity contribution is 7.48. The number of hydrogen-bond acceptors (Lipinski definition) is 3. The Morgan fingerprint density at radius 3 is 2.62 bits per heavy atom. The molecule has 0 saturated carbocycles. The van der Waals surface area contributed by atoms with Gasteiger partial charge in [-0.1, -0.05) is 6.92 Å². The molecule has 0 spiro atoms. The highest BCUT2D eigenvalue weighted by Gasteiger charge is 2.22. The van der Waals surface area contributed by atoms with Gasteiger partial charge in [-0.15, -0.1) is 0 Å². The molecule has 1 unspecified atom stereocenters. The normalized spacial score (nSPS) is 22.9. The Morgan fingerprint density at radius 2 is 2.15 bits per heavy atom. The number of aldehydes is 1. The van der Waals surface area contributed by atoms with Crippen molar-refractivity contribution in [2.24, 2.45) is 5.92 Å². The molecule has 1 rings (SSSR count). The van der Waals surface area contributed by atoms with Crippen LogP contribution in [-0.2, 0) is 4.79 Å². The van der Waals surface area contributed by atoms with Crippen molar-refractivity contribution in [3.63, 3.8) is 0 Å². The minimum absolute atomic E-state index is 0.564. The van der Waals surface area contributed by atoms with Crippen LogP contribution >= 0.6 is 8.30 Å². The smallest absolute Gasteiger partial charge is 0.120 e. The van der Waals surface area contributed by atoms with Crippen LogP contribution in [0.4, 0.5) is 0 Å². The van der Waals surface area contributed by atoms with Crippen molar-refractivity contribution in [3.8, 4) is 0 Å². The Morgan fingerprint density at radius 1 is 1.54 bits per heavy atom. The van der Waals surface area contributed by atoms with Crippen molar-refractivity contribution in [3.05, 3.63) is 0 Å². The number of carbonyl (C=O) groups excluding carboxylic acids is 1. The highest BCUT2D eigenvalue weighted by atomic mass is 31.2. The average molecular weight is 203 g/mol. The first-order chi connectivity index (χ1) is 6.27. The van der Waals surface area contributed by atoms with Gasteiger partial charge < -0.3 is 9.69 Å². The molecule has 76 valence electrons. The lowest BCUT2D eigenvalue weighted by Gasteiger charge is -2.33.